The van der Waals surface area contributed by atoms with Gasteiger partial charge in [0.1, 0.15) is 5.82 Å². The second-order valence-corrected chi connectivity index (χ2v) is 5.09. The number of benzene rings is 1. The van der Waals surface area contributed by atoms with Crippen LogP contribution in [-0.2, 0) is 13.1 Å². The highest BCUT2D eigenvalue weighted by molar-refractivity contribution is 5.69. The minimum Gasteiger partial charge on any atom is -0.493 e. The van der Waals surface area contributed by atoms with Crippen molar-refractivity contribution < 1.29 is 9.47 Å². The second-order valence-electron chi connectivity index (χ2n) is 5.09. The number of imidazole rings is 2. The van der Waals surface area contributed by atoms with E-state index < -0.39 is 0 Å². The van der Waals surface area contributed by atoms with Gasteiger partial charge in [0.25, 0.3) is 0 Å². The lowest BCUT2D eigenvalue weighted by molar-refractivity contribution is 0.356. The fourth-order valence-electron chi connectivity index (χ4n) is 2.68. The summed E-state index contributed by atoms with van der Waals surface area (Å²) in [4.78, 5) is 8.73. The molecule has 0 spiro atoms. The molecule has 0 amide bonds. The first-order valence-corrected chi connectivity index (χ1v) is 7.50. The summed E-state index contributed by atoms with van der Waals surface area (Å²) in [5.74, 6) is 2.22. The first kappa shape index (κ1) is 15.1. The van der Waals surface area contributed by atoms with E-state index in [1.807, 2.05) is 36.9 Å². The van der Waals surface area contributed by atoms with E-state index in [2.05, 4.69) is 26.0 Å². The topological polar surface area (TPSA) is 54.1 Å². The molecule has 6 heteroatoms. The van der Waals surface area contributed by atoms with Crippen LogP contribution in [0.4, 0.5) is 0 Å². The van der Waals surface area contributed by atoms with Crippen LogP contribution in [0.2, 0.25) is 0 Å². The lowest BCUT2D eigenvalue weighted by Crippen LogP contribution is -2.07. The minimum absolute atomic E-state index is 0.687. The summed E-state index contributed by atoms with van der Waals surface area (Å²) in [5, 5.41) is 0. The van der Waals surface area contributed by atoms with Gasteiger partial charge >= 0.3 is 0 Å². The zero-order valence-corrected chi connectivity index (χ0v) is 13.6. The number of hydrogen-bond donors (Lipinski definition) is 0. The molecule has 0 atom stereocenters. The molecule has 3 rings (SSSR count). The van der Waals surface area contributed by atoms with Gasteiger partial charge in [-0.2, -0.15) is 0 Å². The number of aromatic nitrogens is 4. The van der Waals surface area contributed by atoms with Gasteiger partial charge in [0.05, 0.1) is 38.3 Å². The molecule has 0 fully saturated rings. The van der Waals surface area contributed by atoms with Gasteiger partial charge in [-0.15, -0.1) is 0 Å². The summed E-state index contributed by atoms with van der Waals surface area (Å²) in [6.45, 7) is 3.69. The molecule has 120 valence electrons. The predicted octanol–water partition coefficient (Wildman–Crippen LogP) is 2.83. The van der Waals surface area contributed by atoms with Crippen molar-refractivity contribution in [1.82, 2.24) is 19.1 Å². The van der Waals surface area contributed by atoms with Crippen LogP contribution in [0.1, 0.15) is 12.6 Å². The molecule has 6 nitrogen and oxygen atoms in total. The maximum atomic E-state index is 5.53. The van der Waals surface area contributed by atoms with E-state index in [0.717, 1.165) is 23.6 Å². The highest BCUT2D eigenvalue weighted by Gasteiger charge is 2.16. The van der Waals surface area contributed by atoms with E-state index in [1.165, 1.54) is 0 Å². The van der Waals surface area contributed by atoms with Crippen molar-refractivity contribution in [1.29, 1.82) is 0 Å². The van der Waals surface area contributed by atoms with E-state index >= 15 is 0 Å². The van der Waals surface area contributed by atoms with Crippen molar-refractivity contribution in [3.8, 4) is 22.9 Å². The molecule has 0 N–H and O–H groups in total. The molecule has 0 radical (unpaired) electrons. The van der Waals surface area contributed by atoms with Crippen molar-refractivity contribution in [2.45, 2.75) is 20.0 Å². The van der Waals surface area contributed by atoms with E-state index in [-0.39, 0.29) is 0 Å². The molecule has 0 aliphatic rings. The van der Waals surface area contributed by atoms with Gasteiger partial charge in [-0.1, -0.05) is 6.07 Å². The van der Waals surface area contributed by atoms with Crippen molar-refractivity contribution in [3.63, 3.8) is 0 Å². The smallest absolute Gasteiger partial charge is 0.171 e. The molecule has 1 aromatic carbocycles. The van der Waals surface area contributed by atoms with Crippen molar-refractivity contribution in [3.05, 3.63) is 48.8 Å². The highest BCUT2D eigenvalue weighted by atomic mass is 16.5. The zero-order valence-electron chi connectivity index (χ0n) is 13.6. The average molecular weight is 312 g/mol. The van der Waals surface area contributed by atoms with Crippen LogP contribution in [0.5, 0.6) is 11.5 Å². The largest absolute Gasteiger partial charge is 0.493 e. The molecule has 0 bridgehead atoms. The highest BCUT2D eigenvalue weighted by Crippen LogP contribution is 2.37. The first-order chi connectivity index (χ1) is 11.3. The summed E-state index contributed by atoms with van der Waals surface area (Å²) in [5.41, 5.74) is 2.04. The zero-order chi connectivity index (χ0) is 16.2. The Morgan fingerprint density at radius 2 is 2.00 bits per heavy atom. The Balaban J connectivity index is 2.02. The Kier molecular flexibility index (Phi) is 4.32. The number of para-hydroxylation sites is 1. The van der Waals surface area contributed by atoms with E-state index in [9.17, 15) is 0 Å². The summed E-state index contributed by atoms with van der Waals surface area (Å²) in [6.07, 6.45) is 7.48. The van der Waals surface area contributed by atoms with Crippen LogP contribution in [0.3, 0.4) is 0 Å². The SMILES string of the molecule is CCn1cncc1Cn1ccnc1-c1cccc(OC)c1OC. The summed E-state index contributed by atoms with van der Waals surface area (Å²) in [6, 6.07) is 5.80. The normalized spacial score (nSPS) is 10.7. The van der Waals surface area contributed by atoms with E-state index in [1.54, 1.807) is 20.4 Å². The molecule has 0 aliphatic carbocycles. The molecular formula is C17H20N4O2. The molecular weight excluding hydrogens is 292 g/mol. The van der Waals surface area contributed by atoms with Crippen molar-refractivity contribution >= 4 is 0 Å². The molecule has 0 unspecified atom stereocenters. The Morgan fingerprint density at radius 1 is 1.13 bits per heavy atom. The van der Waals surface area contributed by atoms with Crippen LogP contribution in [0.25, 0.3) is 11.4 Å². The van der Waals surface area contributed by atoms with Gasteiger partial charge in [0, 0.05) is 25.1 Å². The van der Waals surface area contributed by atoms with E-state index in [4.69, 9.17) is 9.47 Å². The molecule has 0 aliphatic heterocycles. The lowest BCUT2D eigenvalue weighted by Gasteiger charge is -2.14. The molecule has 3 aromatic rings. The maximum absolute atomic E-state index is 5.53. The van der Waals surface area contributed by atoms with E-state index in [0.29, 0.717) is 18.0 Å². The van der Waals surface area contributed by atoms with Gasteiger partial charge in [0.2, 0.25) is 0 Å². The molecule has 0 saturated carbocycles. The average Bonchev–Trinajstić information content (AvgIpc) is 3.23. The van der Waals surface area contributed by atoms with Crippen molar-refractivity contribution in [2.24, 2.45) is 0 Å². The fraction of sp³-hybridized carbons (Fsp3) is 0.294. The van der Waals surface area contributed by atoms with Gasteiger partial charge in [-0.25, -0.2) is 9.97 Å². The van der Waals surface area contributed by atoms with Crippen LogP contribution in [0.15, 0.2) is 43.1 Å². The summed E-state index contributed by atoms with van der Waals surface area (Å²) in [7, 11) is 3.27. The Labute approximate surface area is 135 Å². The maximum Gasteiger partial charge on any atom is 0.171 e. The van der Waals surface area contributed by atoms with Crippen molar-refractivity contribution in [2.75, 3.05) is 14.2 Å². The van der Waals surface area contributed by atoms with Crippen LogP contribution < -0.4 is 9.47 Å². The standard InChI is InChI=1S/C17H20N4O2/c1-4-20-12-18-10-13(20)11-21-9-8-19-17(21)14-6-5-7-15(22-2)16(14)23-3/h5-10,12H,4,11H2,1-3H3. The van der Waals surface area contributed by atoms with Crippen LogP contribution in [0, 0.1) is 0 Å². The molecule has 0 saturated heterocycles. The van der Waals surface area contributed by atoms with Crippen LogP contribution in [-0.4, -0.2) is 33.3 Å². The third-order valence-electron chi connectivity index (χ3n) is 3.83. The quantitative estimate of drug-likeness (QED) is 0.702. The minimum atomic E-state index is 0.687. The number of rotatable bonds is 6. The Hall–Kier alpha value is -2.76. The lowest BCUT2D eigenvalue weighted by atomic mass is 10.1. The fourth-order valence-corrected chi connectivity index (χ4v) is 2.68. The Morgan fingerprint density at radius 3 is 2.74 bits per heavy atom. The number of methoxy groups -OCH3 is 2. The van der Waals surface area contributed by atoms with Gasteiger partial charge in [-0.3, -0.25) is 0 Å². The number of ether oxygens (including phenoxy) is 2. The first-order valence-electron chi connectivity index (χ1n) is 7.50. The molecule has 2 aromatic heterocycles. The van der Waals surface area contributed by atoms with Crippen LogP contribution >= 0.6 is 0 Å². The number of hydrogen-bond acceptors (Lipinski definition) is 4. The molecule has 23 heavy (non-hydrogen) atoms. The molecule has 2 heterocycles. The number of aryl methyl sites for hydroxylation is 1. The second kappa shape index (κ2) is 6.56. The van der Waals surface area contributed by atoms with Gasteiger partial charge in [0.15, 0.2) is 11.5 Å². The number of nitrogens with zero attached hydrogens (tertiary/aromatic N) is 4. The third kappa shape index (κ3) is 2.79. The van der Waals surface area contributed by atoms with Gasteiger partial charge < -0.3 is 18.6 Å². The van der Waals surface area contributed by atoms with Gasteiger partial charge in [-0.05, 0) is 19.1 Å². The summed E-state index contributed by atoms with van der Waals surface area (Å²) >= 11 is 0. The predicted molar refractivity (Wildman–Crippen MR) is 87.8 cm³/mol. The third-order valence-corrected chi connectivity index (χ3v) is 3.83. The summed E-state index contributed by atoms with van der Waals surface area (Å²) < 4.78 is 15.1. The monoisotopic (exact) mass is 312 g/mol. The Bertz CT molecular complexity index is 791.